The van der Waals surface area contributed by atoms with Gasteiger partial charge in [-0.05, 0) is 70.8 Å². The molecule has 0 N–H and O–H groups in total. The van der Waals surface area contributed by atoms with Gasteiger partial charge in [0.25, 0.3) is 0 Å². The van der Waals surface area contributed by atoms with E-state index in [0.717, 1.165) is 0 Å². The van der Waals surface area contributed by atoms with Crippen LogP contribution in [0.1, 0.15) is 55.6 Å². The van der Waals surface area contributed by atoms with Crippen LogP contribution in [-0.2, 0) is 0 Å². The number of nitrogens with zero attached hydrogens (tertiary/aromatic N) is 8. The molecule has 0 atom stereocenters. The van der Waals surface area contributed by atoms with E-state index in [1.807, 2.05) is 36.4 Å². The van der Waals surface area contributed by atoms with E-state index < -0.39 is 22.8 Å². The van der Waals surface area contributed by atoms with Crippen molar-refractivity contribution < 1.29 is 8.78 Å². The number of allylic oxidation sites excluding steroid dienone is 8. The van der Waals surface area contributed by atoms with Crippen LogP contribution in [0.25, 0.3) is 33.4 Å². The van der Waals surface area contributed by atoms with E-state index in [1.165, 1.54) is 48.5 Å². The summed E-state index contributed by atoms with van der Waals surface area (Å²) < 4.78 is 31.9. The Hall–Kier alpha value is -7.60. The van der Waals surface area contributed by atoms with Crippen molar-refractivity contribution in [2.75, 3.05) is 0 Å². The summed E-state index contributed by atoms with van der Waals surface area (Å²) in [5, 5.41) is 77.6. The van der Waals surface area contributed by atoms with Crippen molar-refractivity contribution in [3.05, 3.63) is 116 Å². The van der Waals surface area contributed by atoms with Crippen molar-refractivity contribution in [2.24, 2.45) is 0 Å². The van der Waals surface area contributed by atoms with Crippen LogP contribution in [-0.4, -0.2) is 0 Å². The van der Waals surface area contributed by atoms with Crippen LogP contribution in [0, 0.1) is 90.6 Å². The number of hydrogen-bond acceptors (Lipinski definition) is 8. The summed E-state index contributed by atoms with van der Waals surface area (Å²) in [4.78, 5) is 0. The molecule has 0 unspecified atom stereocenters. The molecule has 0 saturated carbocycles. The molecule has 198 valence electrons. The van der Waals surface area contributed by atoms with Crippen molar-refractivity contribution in [2.45, 2.75) is 0 Å². The molecule has 0 spiro atoms. The second-order valence-electron chi connectivity index (χ2n) is 9.31. The summed E-state index contributed by atoms with van der Waals surface area (Å²) in [7, 11) is 0. The predicted octanol–water partition coefficient (Wildman–Crippen LogP) is 6.48. The lowest BCUT2D eigenvalue weighted by atomic mass is 9.89. The molecule has 0 aromatic heterocycles. The summed E-state index contributed by atoms with van der Waals surface area (Å²) in [6, 6.07) is 24.9. The Morgan fingerprint density at radius 3 is 0.977 bits per heavy atom. The highest BCUT2D eigenvalue weighted by molar-refractivity contribution is 6.18. The van der Waals surface area contributed by atoms with Crippen LogP contribution in [0.2, 0.25) is 0 Å². The molecule has 10 heteroatoms. The molecule has 44 heavy (non-hydrogen) atoms. The second-order valence-corrected chi connectivity index (χ2v) is 9.31. The minimum absolute atomic E-state index is 0.0197. The first kappa shape index (κ1) is 27.9. The highest BCUT2D eigenvalue weighted by Crippen LogP contribution is 2.52. The van der Waals surface area contributed by atoms with Gasteiger partial charge in [0.1, 0.15) is 24.3 Å². The minimum atomic E-state index is -1.09. The van der Waals surface area contributed by atoms with Crippen molar-refractivity contribution in [3.63, 3.8) is 0 Å². The Labute approximate surface area is 248 Å². The van der Waals surface area contributed by atoms with Crippen LogP contribution >= 0.6 is 0 Å². The Morgan fingerprint density at radius 2 is 0.727 bits per heavy atom. The van der Waals surface area contributed by atoms with Gasteiger partial charge in [-0.1, -0.05) is 0 Å². The number of benzene rings is 3. The fourth-order valence-corrected chi connectivity index (χ4v) is 5.19. The number of halogens is 2. The SMILES string of the molecule is N#CC1=C(F)/C(=C(/C#N)c2cc(C#N)cc(C#N)c2)c2cc3c(cc21)/C(=C(\C#N)c1cc(C#N)cc(C#N)c1)C(F)=C3C#N. The van der Waals surface area contributed by atoms with Crippen LogP contribution in [0.15, 0.2) is 60.2 Å². The van der Waals surface area contributed by atoms with Gasteiger partial charge in [0.2, 0.25) is 0 Å². The van der Waals surface area contributed by atoms with E-state index in [0.29, 0.717) is 0 Å². The van der Waals surface area contributed by atoms with Crippen LogP contribution in [0.4, 0.5) is 8.78 Å². The van der Waals surface area contributed by atoms with Gasteiger partial charge in [0.15, 0.2) is 11.7 Å². The molecule has 0 amide bonds. The number of hydrogen-bond donors (Lipinski definition) is 0. The van der Waals surface area contributed by atoms with Crippen molar-refractivity contribution >= 4 is 33.4 Å². The fourth-order valence-electron chi connectivity index (χ4n) is 5.19. The first-order chi connectivity index (χ1) is 21.3. The van der Waals surface area contributed by atoms with Crippen molar-refractivity contribution in [1.82, 2.24) is 0 Å². The van der Waals surface area contributed by atoms with Gasteiger partial charge in [0, 0.05) is 22.3 Å². The zero-order chi connectivity index (χ0) is 31.7. The molecule has 0 radical (unpaired) electrons. The summed E-state index contributed by atoms with van der Waals surface area (Å²) >= 11 is 0. The molecule has 0 saturated heterocycles. The van der Waals surface area contributed by atoms with Crippen molar-refractivity contribution in [1.29, 1.82) is 42.1 Å². The highest BCUT2D eigenvalue weighted by Gasteiger charge is 2.37. The Kier molecular flexibility index (Phi) is 6.83. The topological polar surface area (TPSA) is 190 Å². The fraction of sp³-hybridized carbons (Fsp3) is 0. The lowest BCUT2D eigenvalue weighted by Gasteiger charge is -2.12. The molecule has 3 aromatic carbocycles. The minimum Gasteiger partial charge on any atom is -0.205 e. The molecular formula is C34H8F2N8. The van der Waals surface area contributed by atoms with Gasteiger partial charge in [-0.2, -0.15) is 42.1 Å². The molecule has 2 aliphatic carbocycles. The number of fused-ring (bicyclic) bond motifs is 2. The normalized spacial score (nSPS) is 14.8. The summed E-state index contributed by atoms with van der Waals surface area (Å²) in [5.74, 6) is -2.17. The molecule has 0 fully saturated rings. The van der Waals surface area contributed by atoms with Gasteiger partial charge >= 0.3 is 0 Å². The largest absolute Gasteiger partial charge is 0.205 e. The van der Waals surface area contributed by atoms with Crippen LogP contribution in [0.5, 0.6) is 0 Å². The van der Waals surface area contributed by atoms with Crippen LogP contribution < -0.4 is 0 Å². The highest BCUT2D eigenvalue weighted by atomic mass is 19.1. The lowest BCUT2D eigenvalue weighted by Crippen LogP contribution is -1.96. The molecule has 3 aromatic rings. The first-order valence-electron chi connectivity index (χ1n) is 12.3. The molecule has 2 aliphatic rings. The van der Waals surface area contributed by atoms with Gasteiger partial charge in [0.05, 0.1) is 68.8 Å². The van der Waals surface area contributed by atoms with Gasteiger partial charge in [-0.25, -0.2) is 8.78 Å². The smallest absolute Gasteiger partial charge is 0.150 e. The lowest BCUT2D eigenvalue weighted by molar-refractivity contribution is 0.682. The van der Waals surface area contributed by atoms with E-state index in [2.05, 4.69) is 0 Å². The average Bonchev–Trinajstić information content (AvgIpc) is 3.48. The third-order valence-corrected chi connectivity index (χ3v) is 7.02. The van der Waals surface area contributed by atoms with E-state index in [1.54, 1.807) is 12.1 Å². The average molecular weight is 566 g/mol. The van der Waals surface area contributed by atoms with E-state index in [9.17, 15) is 42.1 Å². The molecule has 0 heterocycles. The Balaban J connectivity index is 1.88. The third-order valence-electron chi connectivity index (χ3n) is 7.02. The van der Waals surface area contributed by atoms with E-state index in [4.69, 9.17) is 0 Å². The van der Waals surface area contributed by atoms with Crippen molar-refractivity contribution in [3.8, 4) is 48.6 Å². The zero-order valence-corrected chi connectivity index (χ0v) is 22.0. The third kappa shape index (κ3) is 4.13. The second kappa shape index (κ2) is 10.8. The summed E-state index contributed by atoms with van der Waals surface area (Å²) in [6.07, 6.45) is 0. The maximum atomic E-state index is 16.0. The molecular weight excluding hydrogens is 558 g/mol. The molecule has 8 nitrogen and oxygen atoms in total. The number of nitriles is 8. The molecule has 0 bridgehead atoms. The molecule has 0 aliphatic heterocycles. The van der Waals surface area contributed by atoms with Gasteiger partial charge in [-0.3, -0.25) is 0 Å². The van der Waals surface area contributed by atoms with E-state index in [-0.39, 0.29) is 77.9 Å². The van der Waals surface area contributed by atoms with E-state index >= 15 is 8.78 Å². The standard InChI is InChI=1S/C34H8F2N8/c35-33-29(15-43)23-8-26-24(7-25(23)31(33)27(13-41)21-3-17(9-37)1-18(4-21)10-38)30(16-44)34(36)32(26)28(14-42)22-5-19(11-39)2-20(6-22)12-40/h1-8H/b31-27-,32-28-. The summed E-state index contributed by atoms with van der Waals surface area (Å²) in [5.41, 5.74) is -2.28. The Morgan fingerprint density at radius 1 is 0.409 bits per heavy atom. The number of rotatable bonds is 2. The maximum Gasteiger partial charge on any atom is 0.150 e. The monoisotopic (exact) mass is 566 g/mol. The Bertz CT molecular complexity index is 2150. The van der Waals surface area contributed by atoms with Gasteiger partial charge < -0.3 is 0 Å². The van der Waals surface area contributed by atoms with Crippen LogP contribution in [0.3, 0.4) is 0 Å². The van der Waals surface area contributed by atoms with Gasteiger partial charge in [-0.15, -0.1) is 0 Å². The predicted molar refractivity (Wildman–Crippen MR) is 150 cm³/mol. The quantitative estimate of drug-likeness (QED) is 0.315. The zero-order valence-electron chi connectivity index (χ0n) is 22.0. The summed E-state index contributed by atoms with van der Waals surface area (Å²) in [6.45, 7) is 0. The molecule has 5 rings (SSSR count). The maximum absolute atomic E-state index is 16.0. The first-order valence-corrected chi connectivity index (χ1v) is 12.3.